The van der Waals surface area contributed by atoms with Crippen LogP contribution in [0.1, 0.15) is 41.7 Å². The maximum atomic E-state index is 9.08. The van der Waals surface area contributed by atoms with E-state index in [0.29, 0.717) is 12.3 Å². The normalized spacial score (nSPS) is 16.6. The topological polar surface area (TPSA) is 84.1 Å². The highest BCUT2D eigenvalue weighted by Crippen LogP contribution is 2.29. The fraction of sp³-hybridized carbons (Fsp3) is 0.316. The second-order valence-corrected chi connectivity index (χ2v) is 6.19. The SMILES string of the molecule is OCc1ccc(CNC2CCCc3nc(-c4cccnc4)ncc32)o1. The Hall–Kier alpha value is -2.57. The largest absolute Gasteiger partial charge is 0.462 e. The number of aryl methyl sites for hydroxylation is 1. The summed E-state index contributed by atoms with van der Waals surface area (Å²) in [7, 11) is 0. The molecule has 0 amide bonds. The maximum absolute atomic E-state index is 9.08. The molecule has 25 heavy (non-hydrogen) atoms. The molecule has 3 heterocycles. The van der Waals surface area contributed by atoms with Gasteiger partial charge in [-0.1, -0.05) is 0 Å². The van der Waals surface area contributed by atoms with Crippen LogP contribution in [0.4, 0.5) is 0 Å². The van der Waals surface area contributed by atoms with Gasteiger partial charge in [-0.15, -0.1) is 0 Å². The number of pyridine rings is 1. The molecule has 3 aromatic heterocycles. The predicted octanol–water partition coefficient (Wildman–Crippen LogP) is 2.79. The van der Waals surface area contributed by atoms with Gasteiger partial charge in [0.15, 0.2) is 5.82 Å². The summed E-state index contributed by atoms with van der Waals surface area (Å²) >= 11 is 0. The summed E-state index contributed by atoms with van der Waals surface area (Å²) in [4.78, 5) is 13.4. The van der Waals surface area contributed by atoms with Crippen molar-refractivity contribution in [3.8, 4) is 11.4 Å². The van der Waals surface area contributed by atoms with Gasteiger partial charge in [0.25, 0.3) is 0 Å². The first-order valence-electron chi connectivity index (χ1n) is 8.51. The van der Waals surface area contributed by atoms with Gasteiger partial charge in [-0.3, -0.25) is 4.98 Å². The second-order valence-electron chi connectivity index (χ2n) is 6.19. The lowest BCUT2D eigenvalue weighted by Crippen LogP contribution is -2.25. The van der Waals surface area contributed by atoms with Crippen LogP contribution in [0.3, 0.4) is 0 Å². The Bertz CT molecular complexity index is 848. The van der Waals surface area contributed by atoms with E-state index in [4.69, 9.17) is 14.5 Å². The number of furan rings is 1. The molecule has 3 aromatic rings. The smallest absolute Gasteiger partial charge is 0.160 e. The van der Waals surface area contributed by atoms with E-state index in [0.717, 1.165) is 47.7 Å². The Morgan fingerprint density at radius 1 is 1.20 bits per heavy atom. The van der Waals surface area contributed by atoms with Crippen LogP contribution in [0.5, 0.6) is 0 Å². The van der Waals surface area contributed by atoms with Crippen molar-refractivity contribution in [3.63, 3.8) is 0 Å². The van der Waals surface area contributed by atoms with Gasteiger partial charge in [-0.25, -0.2) is 9.97 Å². The molecule has 0 saturated carbocycles. The molecule has 0 fully saturated rings. The fourth-order valence-corrected chi connectivity index (χ4v) is 3.22. The van der Waals surface area contributed by atoms with Crippen molar-refractivity contribution in [2.75, 3.05) is 0 Å². The Balaban J connectivity index is 1.51. The van der Waals surface area contributed by atoms with Crippen LogP contribution in [0.2, 0.25) is 0 Å². The van der Waals surface area contributed by atoms with Crippen LogP contribution in [0, 0.1) is 0 Å². The first-order chi connectivity index (χ1) is 12.3. The van der Waals surface area contributed by atoms with Gasteiger partial charge in [-0.2, -0.15) is 0 Å². The molecule has 0 bridgehead atoms. The number of fused-ring (bicyclic) bond motifs is 1. The molecule has 1 aliphatic rings. The summed E-state index contributed by atoms with van der Waals surface area (Å²) in [5, 5.41) is 12.6. The molecule has 2 N–H and O–H groups in total. The van der Waals surface area contributed by atoms with Crippen LogP contribution in [-0.2, 0) is 19.6 Å². The number of rotatable bonds is 5. The third kappa shape index (κ3) is 3.45. The van der Waals surface area contributed by atoms with E-state index in [2.05, 4.69) is 15.3 Å². The Morgan fingerprint density at radius 3 is 2.92 bits per heavy atom. The Labute approximate surface area is 146 Å². The van der Waals surface area contributed by atoms with Crippen LogP contribution in [0.25, 0.3) is 11.4 Å². The lowest BCUT2D eigenvalue weighted by atomic mass is 9.92. The lowest BCUT2D eigenvalue weighted by molar-refractivity contribution is 0.242. The minimum atomic E-state index is -0.0722. The molecule has 128 valence electrons. The molecule has 0 aliphatic heterocycles. The van der Waals surface area contributed by atoms with Crippen molar-refractivity contribution < 1.29 is 9.52 Å². The van der Waals surface area contributed by atoms with Crippen molar-refractivity contribution in [3.05, 3.63) is 65.6 Å². The average Bonchev–Trinajstić information content (AvgIpc) is 3.14. The zero-order valence-corrected chi connectivity index (χ0v) is 13.9. The zero-order valence-electron chi connectivity index (χ0n) is 13.9. The van der Waals surface area contributed by atoms with Crippen molar-refractivity contribution in [1.29, 1.82) is 0 Å². The van der Waals surface area contributed by atoms with E-state index in [1.807, 2.05) is 24.4 Å². The number of aromatic nitrogens is 3. The zero-order chi connectivity index (χ0) is 17.1. The number of hydrogen-bond acceptors (Lipinski definition) is 6. The number of nitrogens with one attached hydrogen (secondary N) is 1. The van der Waals surface area contributed by atoms with E-state index in [1.54, 1.807) is 18.5 Å². The quantitative estimate of drug-likeness (QED) is 0.745. The Kier molecular flexibility index (Phi) is 4.54. The molecule has 4 rings (SSSR count). The minimum Gasteiger partial charge on any atom is -0.462 e. The standard InChI is InChI=1S/C19H20N4O2/c24-12-15-7-6-14(25-15)10-21-17-4-1-5-18-16(17)11-22-19(23-18)13-3-2-8-20-9-13/h2-3,6-9,11,17,21,24H,1,4-5,10,12H2. The summed E-state index contributed by atoms with van der Waals surface area (Å²) < 4.78 is 5.54. The molecule has 0 radical (unpaired) electrons. The van der Waals surface area contributed by atoms with Crippen LogP contribution in [0.15, 0.2) is 47.3 Å². The van der Waals surface area contributed by atoms with Gasteiger partial charge >= 0.3 is 0 Å². The third-order valence-corrected chi connectivity index (χ3v) is 4.50. The molecule has 0 saturated heterocycles. The molecule has 0 aromatic carbocycles. The van der Waals surface area contributed by atoms with Crippen molar-refractivity contribution in [2.45, 2.75) is 38.5 Å². The van der Waals surface area contributed by atoms with Gasteiger partial charge in [0.2, 0.25) is 0 Å². The number of hydrogen-bond donors (Lipinski definition) is 2. The summed E-state index contributed by atoms with van der Waals surface area (Å²) in [5.41, 5.74) is 3.20. The predicted molar refractivity (Wildman–Crippen MR) is 92.4 cm³/mol. The molecule has 1 unspecified atom stereocenters. The van der Waals surface area contributed by atoms with E-state index in [1.165, 1.54) is 0 Å². The first-order valence-corrected chi connectivity index (χ1v) is 8.51. The van der Waals surface area contributed by atoms with Crippen LogP contribution in [-0.4, -0.2) is 20.1 Å². The first kappa shape index (κ1) is 15.9. The van der Waals surface area contributed by atoms with E-state index in [-0.39, 0.29) is 12.6 Å². The molecule has 6 nitrogen and oxygen atoms in total. The fourth-order valence-electron chi connectivity index (χ4n) is 3.22. The highest BCUT2D eigenvalue weighted by Gasteiger charge is 2.22. The van der Waals surface area contributed by atoms with Gasteiger partial charge < -0.3 is 14.8 Å². The van der Waals surface area contributed by atoms with Crippen LogP contribution < -0.4 is 5.32 Å². The number of nitrogens with zero attached hydrogens (tertiary/aromatic N) is 3. The van der Waals surface area contributed by atoms with Gasteiger partial charge in [0.05, 0.1) is 6.54 Å². The van der Waals surface area contributed by atoms with Crippen molar-refractivity contribution in [2.24, 2.45) is 0 Å². The van der Waals surface area contributed by atoms with E-state index in [9.17, 15) is 0 Å². The summed E-state index contributed by atoms with van der Waals surface area (Å²) in [6.07, 6.45) is 8.58. The van der Waals surface area contributed by atoms with Gasteiger partial charge in [0.1, 0.15) is 18.1 Å². The number of aliphatic hydroxyl groups is 1. The second kappa shape index (κ2) is 7.13. The number of aliphatic hydroxyl groups excluding tert-OH is 1. The highest BCUT2D eigenvalue weighted by atomic mass is 16.4. The molecule has 1 atom stereocenters. The van der Waals surface area contributed by atoms with E-state index >= 15 is 0 Å². The van der Waals surface area contributed by atoms with Gasteiger partial charge in [-0.05, 0) is 43.5 Å². The van der Waals surface area contributed by atoms with E-state index < -0.39 is 0 Å². The molecule has 0 spiro atoms. The van der Waals surface area contributed by atoms with Crippen LogP contribution >= 0.6 is 0 Å². The minimum absolute atomic E-state index is 0.0722. The highest BCUT2D eigenvalue weighted by molar-refractivity contribution is 5.53. The monoisotopic (exact) mass is 336 g/mol. The summed E-state index contributed by atoms with van der Waals surface area (Å²) in [5.74, 6) is 2.14. The lowest BCUT2D eigenvalue weighted by Gasteiger charge is -2.25. The molecular formula is C19H20N4O2. The van der Waals surface area contributed by atoms with Gasteiger partial charge in [0, 0.05) is 41.5 Å². The molecule has 6 heteroatoms. The molecular weight excluding hydrogens is 316 g/mol. The third-order valence-electron chi connectivity index (χ3n) is 4.50. The summed E-state index contributed by atoms with van der Waals surface area (Å²) in [6, 6.07) is 7.78. The maximum Gasteiger partial charge on any atom is 0.160 e. The van der Waals surface area contributed by atoms with Crippen molar-refractivity contribution in [1.82, 2.24) is 20.3 Å². The Morgan fingerprint density at radius 2 is 2.12 bits per heavy atom. The summed E-state index contributed by atoms with van der Waals surface area (Å²) in [6.45, 7) is 0.547. The molecule has 1 aliphatic carbocycles. The van der Waals surface area contributed by atoms with Crippen molar-refractivity contribution >= 4 is 0 Å². The average molecular weight is 336 g/mol.